The minimum absolute atomic E-state index is 0. The second-order valence-corrected chi connectivity index (χ2v) is 24.0. The predicted molar refractivity (Wildman–Crippen MR) is 305 cm³/mol. The molecular weight excluding hydrogens is 1280 g/mol. The Kier molecular flexibility index (Phi) is 18.1. The number of aryl methyl sites for hydroxylation is 4. The maximum absolute atomic E-state index is 6.53. The summed E-state index contributed by atoms with van der Waals surface area (Å²) >= 11 is 22.7. The van der Waals surface area contributed by atoms with Gasteiger partial charge in [-0.2, -0.15) is 0 Å². The number of rotatable bonds is 3. The van der Waals surface area contributed by atoms with E-state index in [0.29, 0.717) is 0 Å². The molecule has 10 rings (SSSR count). The summed E-state index contributed by atoms with van der Waals surface area (Å²) in [6.07, 6.45) is 0. The Morgan fingerprint density at radius 3 is 1.30 bits per heavy atom. The van der Waals surface area contributed by atoms with Gasteiger partial charge in [-0.3, -0.25) is 0 Å². The molecule has 0 fully saturated rings. The van der Waals surface area contributed by atoms with E-state index in [2.05, 4.69) is 244 Å². The molecule has 2 aliphatic carbocycles. The second-order valence-electron chi connectivity index (χ2n) is 17.1. The maximum atomic E-state index is 6.53. The molecule has 0 N–H and O–H groups in total. The third-order valence-corrected chi connectivity index (χ3v) is 16.4. The summed E-state index contributed by atoms with van der Waals surface area (Å²) < 4.78 is 5.54. The summed E-state index contributed by atoms with van der Waals surface area (Å²) in [4.78, 5) is 1.25. The van der Waals surface area contributed by atoms with Gasteiger partial charge in [0, 0.05) is 32.0 Å². The Morgan fingerprint density at radius 2 is 0.875 bits per heavy atom. The molecule has 0 amide bonds. The van der Waals surface area contributed by atoms with Gasteiger partial charge in [0.2, 0.25) is 0 Å². The van der Waals surface area contributed by atoms with Crippen molar-refractivity contribution in [1.29, 1.82) is 0 Å². The molecular formula is C55H48BrCl2I3MgS2. The van der Waals surface area contributed by atoms with Crippen LogP contribution < -0.4 is 17.0 Å². The van der Waals surface area contributed by atoms with Gasteiger partial charge in [0.25, 0.3) is 0 Å². The van der Waals surface area contributed by atoms with E-state index >= 15 is 0 Å². The van der Waals surface area contributed by atoms with Gasteiger partial charge in [-0.05, 0) is 210 Å². The molecule has 0 radical (unpaired) electrons. The molecule has 6 aromatic carbocycles. The van der Waals surface area contributed by atoms with E-state index in [4.69, 9.17) is 23.2 Å². The Labute approximate surface area is 466 Å². The number of thiophene rings is 2. The Morgan fingerprint density at radius 1 is 0.469 bits per heavy atom. The van der Waals surface area contributed by atoms with Crippen LogP contribution in [0.5, 0.6) is 0 Å². The van der Waals surface area contributed by atoms with Gasteiger partial charge in [0.05, 0.1) is 4.34 Å². The van der Waals surface area contributed by atoms with Crippen molar-refractivity contribution in [2.45, 2.75) is 73.6 Å². The third kappa shape index (κ3) is 10.8. The van der Waals surface area contributed by atoms with E-state index in [9.17, 15) is 0 Å². The van der Waals surface area contributed by atoms with Crippen molar-refractivity contribution >= 4 is 137 Å². The summed E-state index contributed by atoms with van der Waals surface area (Å²) in [7, 11) is 0. The molecule has 64 heavy (non-hydrogen) atoms. The zero-order valence-corrected chi connectivity index (χ0v) is 49.0. The van der Waals surface area contributed by atoms with E-state index in [1.165, 1.54) is 116 Å². The molecule has 2 aliphatic rings. The van der Waals surface area contributed by atoms with Crippen LogP contribution in [0, 0.1) is 43.8 Å². The molecule has 8 aromatic rings. The van der Waals surface area contributed by atoms with Crippen LogP contribution in [0.3, 0.4) is 0 Å². The monoisotopic (exact) mass is 1330 g/mol. The molecule has 9 heteroatoms. The van der Waals surface area contributed by atoms with Crippen LogP contribution in [-0.2, 0) is 10.8 Å². The van der Waals surface area contributed by atoms with Crippen LogP contribution in [0.1, 0.15) is 79.6 Å². The molecule has 0 unspecified atom stereocenters. The van der Waals surface area contributed by atoms with Crippen LogP contribution in [0.2, 0.25) is 8.67 Å². The fourth-order valence-corrected chi connectivity index (χ4v) is 12.4. The van der Waals surface area contributed by atoms with E-state index < -0.39 is 0 Å². The van der Waals surface area contributed by atoms with E-state index in [1.54, 1.807) is 11.3 Å². The predicted octanol–water partition coefficient (Wildman–Crippen LogP) is 16.2. The average molecular weight is 1330 g/mol. The first-order valence-corrected chi connectivity index (χ1v) is 25.7. The molecule has 2 heterocycles. The van der Waals surface area contributed by atoms with Crippen molar-refractivity contribution in [2.24, 2.45) is 0 Å². The normalized spacial score (nSPS) is 13.0. The zero-order chi connectivity index (χ0) is 43.5. The molecule has 0 saturated carbocycles. The quantitative estimate of drug-likeness (QED) is 0.0940. The van der Waals surface area contributed by atoms with Gasteiger partial charge in [-0.15, -0.1) is 34.6 Å². The number of halogens is 6. The van der Waals surface area contributed by atoms with Crippen LogP contribution in [-0.4, -0.2) is 23.1 Å². The summed E-state index contributed by atoms with van der Waals surface area (Å²) in [5, 5.41) is 3.19. The smallest absolute Gasteiger partial charge is 1.00 e. The number of hydrogen-bond donors (Lipinski definition) is 0. The molecule has 0 aliphatic heterocycles. The van der Waals surface area contributed by atoms with Crippen LogP contribution in [0.25, 0.3) is 54.9 Å². The molecule has 0 bridgehead atoms. The Balaban J connectivity index is 0.000000193. The van der Waals surface area contributed by atoms with Crippen LogP contribution in [0.4, 0.5) is 0 Å². The summed E-state index contributed by atoms with van der Waals surface area (Å²) in [5.41, 5.74) is 22.6. The van der Waals surface area contributed by atoms with E-state index in [1.807, 2.05) is 6.07 Å². The van der Waals surface area contributed by atoms with Crippen LogP contribution in [0.15, 0.2) is 121 Å². The molecule has 0 nitrogen and oxygen atoms in total. The molecule has 0 saturated heterocycles. The minimum Gasteiger partial charge on any atom is -1.00 e. The molecule has 0 atom stereocenters. The van der Waals surface area contributed by atoms with Crippen LogP contribution >= 0.6 is 114 Å². The summed E-state index contributed by atoms with van der Waals surface area (Å²) in [6.45, 7) is 17.9. The topological polar surface area (TPSA) is 0 Å². The zero-order valence-electron chi connectivity index (χ0n) is 36.3. The SMILES string of the molecule is C.CC1(C)c2cc(I)ccc2-c2ccc(I)cc21.Cc1ccc(-c2[c-]sc(Cl)c2)c(C)c1.Cc1ccc(-c2cc(Cl)sc2-c2ccc3c(c2)C(C)(C)c2cc(I)ccc2-3)c(C)c1.[Br-].[Mg+2]. The first kappa shape index (κ1) is 53.7. The maximum Gasteiger partial charge on any atom is 2.00 e. The van der Waals surface area contributed by atoms with Crippen molar-refractivity contribution in [1.82, 2.24) is 0 Å². The Hall–Kier alpha value is -1.26. The molecule has 2 aromatic heterocycles. The van der Waals surface area contributed by atoms with Gasteiger partial charge in [-0.1, -0.05) is 141 Å². The standard InChI is InChI=1S/C27H22ClIS.C15H12I2.C12H10ClS.CH4.BrH.Mg/c1-15-5-8-19(16(2)11-15)22-14-25(28)30-26(22)17-6-9-20-21-10-7-18(29)13-24(21)27(3,4)23(20)12-17;1-15(2)13-7-9(16)3-5-11(13)12-6-4-10(17)8-14(12)15;1-8-3-4-11(9(2)5-8)10-6-12(13)14-7-10;;;/h5-14H,1-4H3;3-8H,1-2H3;3-6H,1-2H3;1H4;1H;/q;;-1;;;+2/p-1. The van der Waals surface area contributed by atoms with Gasteiger partial charge in [0.1, 0.15) is 0 Å². The van der Waals surface area contributed by atoms with Crippen molar-refractivity contribution in [3.05, 3.63) is 191 Å². The van der Waals surface area contributed by atoms with Gasteiger partial charge >= 0.3 is 23.1 Å². The molecule has 324 valence electrons. The van der Waals surface area contributed by atoms with Gasteiger partial charge in [0.15, 0.2) is 0 Å². The van der Waals surface area contributed by atoms with E-state index in [-0.39, 0.29) is 58.3 Å². The second kappa shape index (κ2) is 21.6. The third-order valence-electron chi connectivity index (χ3n) is 12.1. The van der Waals surface area contributed by atoms with Crippen molar-refractivity contribution < 1.29 is 17.0 Å². The van der Waals surface area contributed by atoms with E-state index in [0.717, 1.165) is 14.2 Å². The van der Waals surface area contributed by atoms with Gasteiger partial charge < -0.3 is 17.0 Å². The number of benzene rings is 6. The van der Waals surface area contributed by atoms with Crippen molar-refractivity contribution in [3.63, 3.8) is 0 Å². The van der Waals surface area contributed by atoms with Gasteiger partial charge in [-0.25, -0.2) is 11.3 Å². The summed E-state index contributed by atoms with van der Waals surface area (Å²) in [5.74, 6) is 0. The summed E-state index contributed by atoms with van der Waals surface area (Å²) in [6, 6.07) is 44.5. The fraction of sp³-hybridized carbons (Fsp3) is 0.200. The average Bonchev–Trinajstić information content (AvgIpc) is 3.92. The Bertz CT molecular complexity index is 2950. The molecule has 0 spiro atoms. The largest absolute Gasteiger partial charge is 2.00 e. The minimum atomic E-state index is -0.0111. The number of hydrogen-bond acceptors (Lipinski definition) is 2. The van der Waals surface area contributed by atoms with Crippen molar-refractivity contribution in [2.75, 3.05) is 0 Å². The van der Waals surface area contributed by atoms with Crippen molar-refractivity contribution in [3.8, 4) is 54.9 Å². The first-order chi connectivity index (χ1) is 28.9. The first-order valence-electron chi connectivity index (χ1n) is 20.1. The fourth-order valence-electron chi connectivity index (χ4n) is 8.95. The number of fused-ring (bicyclic) bond motifs is 6.